The second kappa shape index (κ2) is 6.39. The summed E-state index contributed by atoms with van der Waals surface area (Å²) in [4.78, 5) is 26.2. The number of hydrogen-bond acceptors (Lipinski definition) is 6. The third kappa shape index (κ3) is 2.98. The molecular weight excluding hydrogens is 332 g/mol. The number of carbonyl (C=O) groups excluding carboxylic acids is 2. The minimum absolute atomic E-state index is 0.0765. The molecule has 0 spiro atoms. The number of nitrogens with zero attached hydrogens (tertiary/aromatic N) is 3. The number of hydrogen-bond donors (Lipinski definition) is 1. The number of nitrogens with one attached hydrogen (secondary N) is 1. The van der Waals surface area contributed by atoms with Gasteiger partial charge in [-0.05, 0) is 26.2 Å². The van der Waals surface area contributed by atoms with E-state index in [0.717, 1.165) is 24.3 Å². The number of anilines is 1. The van der Waals surface area contributed by atoms with Crippen LogP contribution in [0.1, 0.15) is 57.4 Å². The number of aromatic nitrogens is 2. The van der Waals surface area contributed by atoms with Crippen molar-refractivity contribution < 1.29 is 9.59 Å². The van der Waals surface area contributed by atoms with Crippen molar-refractivity contribution in [2.45, 2.75) is 63.3 Å². The van der Waals surface area contributed by atoms with Crippen molar-refractivity contribution in [3.05, 3.63) is 5.01 Å². The molecule has 0 aliphatic carbocycles. The molecular formula is C15H22N4O2S2. The zero-order chi connectivity index (χ0) is 16.6. The maximum Gasteiger partial charge on any atom is 0.249 e. The van der Waals surface area contributed by atoms with E-state index in [4.69, 9.17) is 0 Å². The normalized spacial score (nSPS) is 26.9. The standard InChI is InChI=1S/C15H22N4O2S2/c1-4-9(5-2)13-17-18-14(23-13)16-12(21)10-8-22-15(3)7-6-11(20)19(10)15/h9-10H,4-8H2,1-3H3,(H,16,18,21)/t10-,15-/m0/s1. The van der Waals surface area contributed by atoms with Crippen LogP contribution < -0.4 is 5.32 Å². The van der Waals surface area contributed by atoms with Crippen molar-refractivity contribution in [3.8, 4) is 0 Å². The van der Waals surface area contributed by atoms with E-state index in [1.165, 1.54) is 11.3 Å². The van der Waals surface area contributed by atoms with Gasteiger partial charge in [0.1, 0.15) is 11.0 Å². The van der Waals surface area contributed by atoms with Crippen LogP contribution in [-0.2, 0) is 9.59 Å². The Labute approximate surface area is 144 Å². The first-order chi connectivity index (χ1) is 11.0. The molecule has 3 rings (SSSR count). The molecule has 0 aromatic carbocycles. The first-order valence-electron chi connectivity index (χ1n) is 8.09. The van der Waals surface area contributed by atoms with Gasteiger partial charge in [0, 0.05) is 18.1 Å². The first-order valence-corrected chi connectivity index (χ1v) is 9.89. The zero-order valence-corrected chi connectivity index (χ0v) is 15.3. The zero-order valence-electron chi connectivity index (χ0n) is 13.7. The molecule has 23 heavy (non-hydrogen) atoms. The van der Waals surface area contributed by atoms with Crippen LogP contribution in [0, 0.1) is 0 Å². The van der Waals surface area contributed by atoms with Gasteiger partial charge in [-0.1, -0.05) is 25.2 Å². The Morgan fingerprint density at radius 2 is 2.17 bits per heavy atom. The molecule has 0 saturated carbocycles. The lowest BCUT2D eigenvalue weighted by molar-refractivity contribution is -0.135. The second-order valence-electron chi connectivity index (χ2n) is 6.21. The predicted octanol–water partition coefficient (Wildman–Crippen LogP) is 2.83. The Morgan fingerprint density at radius 1 is 1.43 bits per heavy atom. The Balaban J connectivity index is 1.69. The molecule has 126 valence electrons. The summed E-state index contributed by atoms with van der Waals surface area (Å²) in [5.74, 6) is 0.965. The summed E-state index contributed by atoms with van der Waals surface area (Å²) in [7, 11) is 0. The molecule has 2 amide bonds. The number of amides is 2. The number of carbonyl (C=O) groups is 2. The van der Waals surface area contributed by atoms with E-state index in [2.05, 4.69) is 29.4 Å². The maximum absolute atomic E-state index is 12.6. The van der Waals surface area contributed by atoms with Gasteiger partial charge in [-0.15, -0.1) is 22.0 Å². The monoisotopic (exact) mass is 354 g/mol. The van der Waals surface area contributed by atoms with Crippen LogP contribution in [-0.4, -0.2) is 43.6 Å². The van der Waals surface area contributed by atoms with Crippen LogP contribution in [0.4, 0.5) is 5.13 Å². The Bertz CT molecular complexity index is 616. The molecule has 8 heteroatoms. The quantitative estimate of drug-likeness (QED) is 0.880. The Kier molecular flexibility index (Phi) is 4.64. The van der Waals surface area contributed by atoms with E-state index in [-0.39, 0.29) is 16.7 Å². The van der Waals surface area contributed by atoms with Crippen LogP contribution in [0.2, 0.25) is 0 Å². The summed E-state index contributed by atoms with van der Waals surface area (Å²) < 4.78 is 0. The van der Waals surface area contributed by atoms with Gasteiger partial charge < -0.3 is 4.90 Å². The van der Waals surface area contributed by atoms with Gasteiger partial charge >= 0.3 is 0 Å². The molecule has 6 nitrogen and oxygen atoms in total. The molecule has 2 saturated heterocycles. The highest BCUT2D eigenvalue weighted by molar-refractivity contribution is 8.01. The fourth-order valence-corrected chi connectivity index (χ4v) is 5.74. The highest BCUT2D eigenvalue weighted by Gasteiger charge is 2.52. The Morgan fingerprint density at radius 3 is 2.87 bits per heavy atom. The summed E-state index contributed by atoms with van der Waals surface area (Å²) in [6, 6.07) is -0.402. The van der Waals surface area contributed by atoms with Gasteiger partial charge in [0.25, 0.3) is 0 Å². The van der Waals surface area contributed by atoms with Gasteiger partial charge in [-0.2, -0.15) is 0 Å². The summed E-state index contributed by atoms with van der Waals surface area (Å²) in [5, 5.41) is 12.6. The average Bonchev–Trinajstić information content (AvgIpc) is 3.18. The van der Waals surface area contributed by atoms with Crippen LogP contribution >= 0.6 is 23.1 Å². The molecule has 0 radical (unpaired) electrons. The third-order valence-corrected chi connectivity index (χ3v) is 7.26. The smallest absolute Gasteiger partial charge is 0.249 e. The molecule has 1 aromatic heterocycles. The van der Waals surface area contributed by atoms with Gasteiger partial charge in [-0.3, -0.25) is 14.9 Å². The van der Waals surface area contributed by atoms with Gasteiger partial charge in [0.2, 0.25) is 16.9 Å². The fourth-order valence-electron chi connectivity index (χ4n) is 3.29. The molecule has 0 bridgehead atoms. The van der Waals surface area contributed by atoms with Crippen molar-refractivity contribution in [2.75, 3.05) is 11.1 Å². The van der Waals surface area contributed by atoms with Crippen LogP contribution in [0.3, 0.4) is 0 Å². The molecule has 2 fully saturated rings. The van der Waals surface area contributed by atoms with Crippen molar-refractivity contribution in [1.82, 2.24) is 15.1 Å². The van der Waals surface area contributed by atoms with Crippen molar-refractivity contribution in [2.24, 2.45) is 0 Å². The predicted molar refractivity (Wildman–Crippen MR) is 92.6 cm³/mol. The number of rotatable bonds is 5. The largest absolute Gasteiger partial charge is 0.315 e. The maximum atomic E-state index is 12.6. The molecule has 1 aromatic rings. The lowest BCUT2D eigenvalue weighted by atomic mass is 10.1. The van der Waals surface area contributed by atoms with E-state index in [0.29, 0.717) is 23.2 Å². The summed E-state index contributed by atoms with van der Waals surface area (Å²) in [6.45, 7) is 6.30. The SMILES string of the molecule is CCC(CC)c1nnc(NC(=O)[C@@H]2CS[C@@]3(C)CCC(=O)N23)s1. The molecule has 2 aliphatic rings. The lowest BCUT2D eigenvalue weighted by Crippen LogP contribution is -2.48. The number of thioether (sulfide) groups is 1. The minimum Gasteiger partial charge on any atom is -0.315 e. The van der Waals surface area contributed by atoms with Gasteiger partial charge in [-0.25, -0.2) is 0 Å². The van der Waals surface area contributed by atoms with Crippen molar-refractivity contribution in [3.63, 3.8) is 0 Å². The highest BCUT2D eigenvalue weighted by Crippen LogP contribution is 2.47. The van der Waals surface area contributed by atoms with E-state index in [1.54, 1.807) is 16.7 Å². The average molecular weight is 355 g/mol. The van der Waals surface area contributed by atoms with E-state index >= 15 is 0 Å². The third-order valence-electron chi connectivity index (χ3n) is 4.75. The van der Waals surface area contributed by atoms with Gasteiger partial charge in [0.05, 0.1) is 4.87 Å². The number of fused-ring (bicyclic) bond motifs is 1. The van der Waals surface area contributed by atoms with Gasteiger partial charge in [0.15, 0.2) is 0 Å². The molecule has 2 aliphatic heterocycles. The van der Waals surface area contributed by atoms with Crippen molar-refractivity contribution >= 4 is 40.0 Å². The fraction of sp³-hybridized carbons (Fsp3) is 0.733. The minimum atomic E-state index is -0.402. The molecule has 0 unspecified atom stereocenters. The van der Waals surface area contributed by atoms with E-state index in [9.17, 15) is 9.59 Å². The summed E-state index contributed by atoms with van der Waals surface area (Å²) in [5.41, 5.74) is 0. The second-order valence-corrected chi connectivity index (χ2v) is 8.72. The van der Waals surface area contributed by atoms with Crippen LogP contribution in [0.5, 0.6) is 0 Å². The highest BCUT2D eigenvalue weighted by atomic mass is 32.2. The van der Waals surface area contributed by atoms with Crippen LogP contribution in [0.15, 0.2) is 0 Å². The van der Waals surface area contributed by atoms with E-state index < -0.39 is 6.04 Å². The molecule has 3 heterocycles. The topological polar surface area (TPSA) is 75.2 Å². The summed E-state index contributed by atoms with van der Waals surface area (Å²) in [6.07, 6.45) is 3.38. The van der Waals surface area contributed by atoms with Crippen LogP contribution in [0.25, 0.3) is 0 Å². The molecule has 1 N–H and O–H groups in total. The summed E-state index contributed by atoms with van der Waals surface area (Å²) >= 11 is 3.13. The Hall–Kier alpha value is -1.15. The first kappa shape index (κ1) is 16.7. The van der Waals surface area contributed by atoms with E-state index in [1.807, 2.05) is 6.92 Å². The molecule has 2 atom stereocenters. The van der Waals surface area contributed by atoms with Crippen molar-refractivity contribution in [1.29, 1.82) is 0 Å². The lowest BCUT2D eigenvalue weighted by Gasteiger charge is -2.29.